The van der Waals surface area contributed by atoms with Crippen molar-refractivity contribution in [2.75, 3.05) is 21.3 Å². The first-order valence-electron chi connectivity index (χ1n) is 7.25. The van der Waals surface area contributed by atoms with Crippen molar-refractivity contribution in [1.29, 1.82) is 0 Å². The molecular weight excluding hydrogens is 254 g/mol. The van der Waals surface area contributed by atoms with Crippen molar-refractivity contribution < 1.29 is 14.2 Å². The van der Waals surface area contributed by atoms with E-state index in [9.17, 15) is 0 Å². The molecule has 1 aromatic carbocycles. The predicted octanol–water partition coefficient (Wildman–Crippen LogP) is 2.75. The van der Waals surface area contributed by atoms with Crippen LogP contribution >= 0.6 is 0 Å². The summed E-state index contributed by atoms with van der Waals surface area (Å²) >= 11 is 0. The quantitative estimate of drug-likeness (QED) is 0.869. The van der Waals surface area contributed by atoms with Gasteiger partial charge < -0.3 is 19.5 Å². The van der Waals surface area contributed by atoms with Gasteiger partial charge in [-0.3, -0.25) is 0 Å². The van der Waals surface area contributed by atoms with Crippen LogP contribution in [-0.2, 0) is 11.3 Å². The van der Waals surface area contributed by atoms with Gasteiger partial charge in [0.2, 0.25) is 0 Å². The van der Waals surface area contributed by atoms with E-state index in [0.29, 0.717) is 12.1 Å². The van der Waals surface area contributed by atoms with Crippen LogP contribution in [0.5, 0.6) is 11.5 Å². The smallest absolute Gasteiger partial charge is 0.127 e. The molecule has 20 heavy (non-hydrogen) atoms. The van der Waals surface area contributed by atoms with Crippen LogP contribution in [0, 0.1) is 0 Å². The number of ether oxygens (including phenoxy) is 3. The Hall–Kier alpha value is -1.26. The van der Waals surface area contributed by atoms with Crippen molar-refractivity contribution in [2.45, 2.75) is 44.4 Å². The third kappa shape index (κ3) is 3.64. The Balaban J connectivity index is 1.99. The summed E-state index contributed by atoms with van der Waals surface area (Å²) in [5.74, 6) is 1.68. The highest BCUT2D eigenvalue weighted by Crippen LogP contribution is 2.26. The van der Waals surface area contributed by atoms with E-state index in [0.717, 1.165) is 30.0 Å². The van der Waals surface area contributed by atoms with Gasteiger partial charge in [0.15, 0.2) is 0 Å². The van der Waals surface area contributed by atoms with Crippen molar-refractivity contribution >= 4 is 0 Å². The van der Waals surface area contributed by atoms with Crippen molar-refractivity contribution in [3.8, 4) is 11.5 Å². The fourth-order valence-electron chi connectivity index (χ4n) is 2.85. The van der Waals surface area contributed by atoms with Crippen LogP contribution in [0.15, 0.2) is 18.2 Å². The van der Waals surface area contributed by atoms with Crippen molar-refractivity contribution in [2.24, 2.45) is 0 Å². The Morgan fingerprint density at radius 3 is 2.60 bits per heavy atom. The second-order valence-electron chi connectivity index (χ2n) is 5.22. The number of benzene rings is 1. The summed E-state index contributed by atoms with van der Waals surface area (Å²) in [6, 6.07) is 6.37. The molecule has 0 amide bonds. The first kappa shape index (κ1) is 15.1. The molecular formula is C16H25NO3. The second-order valence-corrected chi connectivity index (χ2v) is 5.22. The molecule has 112 valence electrons. The molecule has 4 nitrogen and oxygen atoms in total. The minimum absolute atomic E-state index is 0.327. The topological polar surface area (TPSA) is 39.7 Å². The van der Waals surface area contributed by atoms with Gasteiger partial charge in [-0.25, -0.2) is 0 Å². The van der Waals surface area contributed by atoms with Crippen LogP contribution in [0.2, 0.25) is 0 Å². The van der Waals surface area contributed by atoms with E-state index in [1.165, 1.54) is 19.3 Å². The Kier molecular flexibility index (Phi) is 5.68. The molecule has 1 saturated carbocycles. The maximum Gasteiger partial charge on any atom is 0.127 e. The summed E-state index contributed by atoms with van der Waals surface area (Å²) in [5.41, 5.74) is 1.15. The lowest BCUT2D eigenvalue weighted by Gasteiger charge is -2.31. The third-order valence-electron chi connectivity index (χ3n) is 4.05. The number of hydrogen-bond donors (Lipinski definition) is 1. The predicted molar refractivity (Wildman–Crippen MR) is 79.4 cm³/mol. The molecule has 1 aromatic rings. The lowest BCUT2D eigenvalue weighted by atomic mass is 9.92. The van der Waals surface area contributed by atoms with E-state index in [1.807, 2.05) is 12.1 Å². The Morgan fingerprint density at radius 1 is 1.10 bits per heavy atom. The fraction of sp³-hybridized carbons (Fsp3) is 0.625. The van der Waals surface area contributed by atoms with Gasteiger partial charge >= 0.3 is 0 Å². The van der Waals surface area contributed by atoms with E-state index in [2.05, 4.69) is 11.4 Å². The highest BCUT2D eigenvalue weighted by Gasteiger charge is 2.24. The number of methoxy groups -OCH3 is 3. The van der Waals surface area contributed by atoms with Crippen molar-refractivity contribution in [1.82, 2.24) is 5.32 Å². The Labute approximate surface area is 121 Å². The Bertz CT molecular complexity index is 422. The number of hydrogen-bond acceptors (Lipinski definition) is 4. The normalized spacial score (nSPS) is 22.6. The van der Waals surface area contributed by atoms with Crippen LogP contribution in [0.25, 0.3) is 0 Å². The largest absolute Gasteiger partial charge is 0.497 e. The van der Waals surface area contributed by atoms with Gasteiger partial charge in [0.25, 0.3) is 0 Å². The van der Waals surface area contributed by atoms with E-state index >= 15 is 0 Å². The summed E-state index contributed by atoms with van der Waals surface area (Å²) in [5, 5.41) is 3.61. The molecule has 1 fully saturated rings. The van der Waals surface area contributed by atoms with Crippen LogP contribution < -0.4 is 14.8 Å². The van der Waals surface area contributed by atoms with Crippen molar-refractivity contribution in [3.63, 3.8) is 0 Å². The van der Waals surface area contributed by atoms with Gasteiger partial charge in [-0.05, 0) is 18.9 Å². The maximum absolute atomic E-state index is 5.57. The first-order chi connectivity index (χ1) is 9.78. The summed E-state index contributed by atoms with van der Waals surface area (Å²) < 4.78 is 16.2. The number of rotatable bonds is 6. The number of nitrogens with one attached hydrogen (secondary N) is 1. The summed E-state index contributed by atoms with van der Waals surface area (Å²) in [6.07, 6.45) is 5.19. The average Bonchev–Trinajstić information content (AvgIpc) is 2.52. The fourth-order valence-corrected chi connectivity index (χ4v) is 2.85. The molecule has 0 saturated heterocycles. The molecule has 2 rings (SSSR count). The summed E-state index contributed by atoms with van der Waals surface area (Å²) in [7, 11) is 5.16. The average molecular weight is 279 g/mol. The monoisotopic (exact) mass is 279 g/mol. The SMILES string of the molecule is COc1ccc(CNC2CCCCC2OC)c(OC)c1. The molecule has 2 unspecified atom stereocenters. The van der Waals surface area contributed by atoms with E-state index in [-0.39, 0.29) is 0 Å². The molecule has 1 aliphatic rings. The minimum Gasteiger partial charge on any atom is -0.497 e. The standard InChI is InChI=1S/C16H25NO3/c1-18-13-9-8-12(16(10-13)20-3)11-17-14-6-4-5-7-15(14)19-2/h8-10,14-15,17H,4-7,11H2,1-3H3. The molecule has 0 spiro atoms. The molecule has 0 aliphatic heterocycles. The lowest BCUT2D eigenvalue weighted by Crippen LogP contribution is -2.42. The zero-order valence-electron chi connectivity index (χ0n) is 12.6. The van der Waals surface area contributed by atoms with Gasteiger partial charge in [0.05, 0.1) is 20.3 Å². The van der Waals surface area contributed by atoms with Gasteiger partial charge in [-0.15, -0.1) is 0 Å². The second kappa shape index (κ2) is 7.50. The zero-order chi connectivity index (χ0) is 14.4. The van der Waals surface area contributed by atoms with Crippen LogP contribution in [0.3, 0.4) is 0 Å². The minimum atomic E-state index is 0.327. The van der Waals surface area contributed by atoms with Gasteiger partial charge in [0.1, 0.15) is 11.5 Å². The van der Waals surface area contributed by atoms with Gasteiger partial charge in [0, 0.05) is 31.3 Å². The molecule has 2 atom stereocenters. The molecule has 1 aliphatic carbocycles. The van der Waals surface area contributed by atoms with E-state index < -0.39 is 0 Å². The molecule has 0 heterocycles. The van der Waals surface area contributed by atoms with Crippen LogP contribution in [0.1, 0.15) is 31.2 Å². The van der Waals surface area contributed by atoms with E-state index in [1.54, 1.807) is 21.3 Å². The lowest BCUT2D eigenvalue weighted by molar-refractivity contribution is 0.0412. The molecule has 4 heteroatoms. The van der Waals surface area contributed by atoms with E-state index in [4.69, 9.17) is 14.2 Å². The molecule has 1 N–H and O–H groups in total. The van der Waals surface area contributed by atoms with Crippen molar-refractivity contribution in [3.05, 3.63) is 23.8 Å². The molecule has 0 aromatic heterocycles. The highest BCUT2D eigenvalue weighted by molar-refractivity contribution is 5.40. The molecule has 0 radical (unpaired) electrons. The molecule has 0 bridgehead atoms. The Morgan fingerprint density at radius 2 is 1.90 bits per heavy atom. The maximum atomic E-state index is 5.57. The third-order valence-corrected chi connectivity index (χ3v) is 4.05. The van der Waals surface area contributed by atoms with Gasteiger partial charge in [-0.1, -0.05) is 18.9 Å². The van der Waals surface area contributed by atoms with Crippen LogP contribution in [-0.4, -0.2) is 33.5 Å². The van der Waals surface area contributed by atoms with Gasteiger partial charge in [-0.2, -0.15) is 0 Å². The zero-order valence-corrected chi connectivity index (χ0v) is 12.6. The van der Waals surface area contributed by atoms with Crippen LogP contribution in [0.4, 0.5) is 0 Å². The highest BCUT2D eigenvalue weighted by atomic mass is 16.5. The first-order valence-corrected chi connectivity index (χ1v) is 7.25. The summed E-state index contributed by atoms with van der Waals surface area (Å²) in [6.45, 7) is 0.789. The summed E-state index contributed by atoms with van der Waals surface area (Å²) in [4.78, 5) is 0.